The van der Waals surface area contributed by atoms with Crippen LogP contribution in [0.15, 0.2) is 0 Å². The van der Waals surface area contributed by atoms with Crippen molar-refractivity contribution >= 4 is 19.7 Å². The minimum Gasteiger partial charge on any atom is -0.382 e. The van der Waals surface area contributed by atoms with Crippen LogP contribution >= 0.6 is 10.7 Å². The van der Waals surface area contributed by atoms with Crippen molar-refractivity contribution in [3.05, 3.63) is 0 Å². The fourth-order valence-electron chi connectivity index (χ4n) is 1.45. The average Bonchev–Trinajstić information content (AvgIpc) is 2.42. The molecule has 0 amide bonds. The Hall–Kier alpha value is 0.0800. The van der Waals surface area contributed by atoms with Crippen molar-refractivity contribution in [3.63, 3.8) is 0 Å². The predicted molar refractivity (Wildman–Crippen MR) is 82.4 cm³/mol. The third-order valence-electron chi connectivity index (χ3n) is 2.79. The van der Waals surface area contributed by atoms with Gasteiger partial charge in [-0.2, -0.15) is 0 Å². The van der Waals surface area contributed by atoms with Crippen LogP contribution in [-0.4, -0.2) is 67.5 Å². The number of ether oxygens (including phenoxy) is 4. The molecule has 0 aliphatic carbocycles. The quantitative estimate of drug-likeness (QED) is 0.332. The fourth-order valence-corrected chi connectivity index (χ4v) is 2.41. The number of hydrogen-bond donors (Lipinski definition) is 0. The molecule has 0 fully saturated rings. The summed E-state index contributed by atoms with van der Waals surface area (Å²) in [5, 5.41) is 0. The van der Waals surface area contributed by atoms with Crippen LogP contribution in [0.2, 0.25) is 0 Å². The van der Waals surface area contributed by atoms with Gasteiger partial charge in [0.15, 0.2) is 0 Å². The van der Waals surface area contributed by atoms with Gasteiger partial charge in [-0.05, 0) is 18.8 Å². The summed E-state index contributed by atoms with van der Waals surface area (Å²) in [7, 11) is 3.41. The fraction of sp³-hybridized carbons (Fsp3) is 1.00. The van der Waals surface area contributed by atoms with E-state index in [9.17, 15) is 8.42 Å². The number of rotatable bonds is 15. The summed E-state index contributed by atoms with van der Waals surface area (Å²) in [6.07, 6.45) is 1.37. The molecular formula is C13H27ClO6S. The molecule has 21 heavy (non-hydrogen) atoms. The van der Waals surface area contributed by atoms with Crippen molar-refractivity contribution in [2.45, 2.75) is 19.8 Å². The number of halogens is 1. The zero-order valence-electron chi connectivity index (χ0n) is 12.9. The van der Waals surface area contributed by atoms with E-state index in [0.29, 0.717) is 52.7 Å². The summed E-state index contributed by atoms with van der Waals surface area (Å²) in [5.41, 5.74) is 0. The van der Waals surface area contributed by atoms with Gasteiger partial charge in [-0.15, -0.1) is 0 Å². The first kappa shape index (κ1) is 21.1. The maximum atomic E-state index is 10.8. The predicted octanol–water partition coefficient (Wildman–Crippen LogP) is 1.67. The molecule has 1 unspecified atom stereocenters. The summed E-state index contributed by atoms with van der Waals surface area (Å²) in [5.74, 6) is 0.288. The van der Waals surface area contributed by atoms with Crippen LogP contribution in [0.4, 0.5) is 0 Å². The maximum absolute atomic E-state index is 10.8. The summed E-state index contributed by atoms with van der Waals surface area (Å²) in [4.78, 5) is 0. The second kappa shape index (κ2) is 13.7. The van der Waals surface area contributed by atoms with Crippen LogP contribution < -0.4 is 0 Å². The minimum atomic E-state index is -3.38. The summed E-state index contributed by atoms with van der Waals surface area (Å²) >= 11 is 0. The highest BCUT2D eigenvalue weighted by molar-refractivity contribution is 8.13. The first-order valence-corrected chi connectivity index (χ1v) is 9.58. The first-order chi connectivity index (χ1) is 9.95. The van der Waals surface area contributed by atoms with Gasteiger partial charge in [0.1, 0.15) is 0 Å². The Labute approximate surface area is 132 Å². The first-order valence-electron chi connectivity index (χ1n) is 7.10. The van der Waals surface area contributed by atoms with E-state index in [-0.39, 0.29) is 11.7 Å². The Balaban J connectivity index is 3.21. The lowest BCUT2D eigenvalue weighted by Gasteiger charge is -2.10. The summed E-state index contributed by atoms with van der Waals surface area (Å²) in [6.45, 7) is 5.89. The molecule has 0 N–H and O–H groups in total. The number of hydrogen-bond acceptors (Lipinski definition) is 6. The lowest BCUT2D eigenvalue weighted by Crippen LogP contribution is -2.12. The van der Waals surface area contributed by atoms with E-state index in [0.717, 1.165) is 6.42 Å². The molecule has 0 heterocycles. The third-order valence-corrected chi connectivity index (χ3v) is 3.97. The molecular weight excluding hydrogens is 320 g/mol. The molecule has 0 aromatic carbocycles. The van der Waals surface area contributed by atoms with E-state index in [2.05, 4.69) is 0 Å². The summed E-state index contributed by atoms with van der Waals surface area (Å²) < 4.78 is 42.4. The highest BCUT2D eigenvalue weighted by atomic mass is 35.7. The number of methoxy groups -OCH3 is 1. The van der Waals surface area contributed by atoms with E-state index in [4.69, 9.17) is 29.6 Å². The average molecular weight is 347 g/mol. The molecule has 0 aromatic heterocycles. The van der Waals surface area contributed by atoms with E-state index in [1.54, 1.807) is 7.11 Å². The smallest absolute Gasteiger partial charge is 0.232 e. The van der Waals surface area contributed by atoms with Gasteiger partial charge in [0.25, 0.3) is 0 Å². The molecule has 0 aliphatic rings. The molecule has 128 valence electrons. The van der Waals surface area contributed by atoms with Gasteiger partial charge in [0.2, 0.25) is 9.05 Å². The maximum Gasteiger partial charge on any atom is 0.232 e. The van der Waals surface area contributed by atoms with Crippen molar-refractivity contribution in [3.8, 4) is 0 Å². The van der Waals surface area contributed by atoms with Gasteiger partial charge in [-0.3, -0.25) is 0 Å². The molecule has 0 saturated carbocycles. The Morgan fingerprint density at radius 1 is 0.857 bits per heavy atom. The van der Waals surface area contributed by atoms with Gasteiger partial charge < -0.3 is 18.9 Å². The van der Waals surface area contributed by atoms with E-state index >= 15 is 0 Å². The minimum absolute atomic E-state index is 0.0158. The summed E-state index contributed by atoms with van der Waals surface area (Å²) in [6, 6.07) is 0. The molecule has 0 spiro atoms. The van der Waals surface area contributed by atoms with Crippen LogP contribution in [-0.2, 0) is 28.0 Å². The normalized spacial score (nSPS) is 13.5. The Kier molecular flexibility index (Phi) is 13.8. The second-order valence-electron chi connectivity index (χ2n) is 4.76. The molecule has 0 aromatic rings. The van der Waals surface area contributed by atoms with Gasteiger partial charge in [0, 0.05) is 24.4 Å². The van der Waals surface area contributed by atoms with Crippen molar-refractivity contribution in [1.82, 2.24) is 0 Å². The molecule has 8 heteroatoms. The lowest BCUT2D eigenvalue weighted by molar-refractivity contribution is 0.00230. The Morgan fingerprint density at radius 2 is 1.33 bits per heavy atom. The van der Waals surface area contributed by atoms with Crippen LogP contribution in [0, 0.1) is 5.92 Å². The van der Waals surface area contributed by atoms with Crippen molar-refractivity contribution in [2.75, 3.05) is 59.1 Å². The van der Waals surface area contributed by atoms with Gasteiger partial charge in [-0.25, -0.2) is 8.42 Å². The van der Waals surface area contributed by atoms with Crippen LogP contribution in [0.25, 0.3) is 0 Å². The standard InChI is InChI=1S/C13H27ClO6S/c1-13(4-12-21(14,15)16)3-5-18-8-9-20-11-10-19-7-6-17-2/h13H,3-12H2,1-2H3. The van der Waals surface area contributed by atoms with Crippen LogP contribution in [0.5, 0.6) is 0 Å². The van der Waals surface area contributed by atoms with E-state index in [1.807, 2.05) is 6.92 Å². The van der Waals surface area contributed by atoms with Gasteiger partial charge in [0.05, 0.1) is 45.4 Å². The van der Waals surface area contributed by atoms with Crippen molar-refractivity contribution in [2.24, 2.45) is 5.92 Å². The topological polar surface area (TPSA) is 71.1 Å². The molecule has 6 nitrogen and oxygen atoms in total. The van der Waals surface area contributed by atoms with Gasteiger partial charge >= 0.3 is 0 Å². The largest absolute Gasteiger partial charge is 0.382 e. The third kappa shape index (κ3) is 18.0. The highest BCUT2D eigenvalue weighted by Crippen LogP contribution is 2.11. The zero-order chi connectivity index (χ0) is 16.0. The lowest BCUT2D eigenvalue weighted by atomic mass is 10.1. The molecule has 0 saturated heterocycles. The van der Waals surface area contributed by atoms with E-state index < -0.39 is 9.05 Å². The Morgan fingerprint density at radius 3 is 1.81 bits per heavy atom. The van der Waals surface area contributed by atoms with E-state index in [1.165, 1.54) is 0 Å². The van der Waals surface area contributed by atoms with Crippen LogP contribution in [0.1, 0.15) is 19.8 Å². The molecule has 0 bridgehead atoms. The zero-order valence-corrected chi connectivity index (χ0v) is 14.5. The molecule has 0 radical (unpaired) electrons. The molecule has 1 atom stereocenters. The SMILES string of the molecule is COCCOCCOCCOCCC(C)CCS(=O)(=O)Cl. The highest BCUT2D eigenvalue weighted by Gasteiger charge is 2.09. The molecule has 0 rings (SSSR count). The second-order valence-corrected chi connectivity index (χ2v) is 7.65. The van der Waals surface area contributed by atoms with Gasteiger partial charge in [-0.1, -0.05) is 6.92 Å². The van der Waals surface area contributed by atoms with Crippen LogP contribution in [0.3, 0.4) is 0 Å². The monoisotopic (exact) mass is 346 g/mol. The van der Waals surface area contributed by atoms with Crippen molar-refractivity contribution in [1.29, 1.82) is 0 Å². The van der Waals surface area contributed by atoms with Crippen molar-refractivity contribution < 1.29 is 27.4 Å². The molecule has 0 aliphatic heterocycles. The Bertz CT molecular complexity index is 323.